The van der Waals surface area contributed by atoms with Gasteiger partial charge in [0.15, 0.2) is 5.13 Å². The second-order valence-electron chi connectivity index (χ2n) is 6.35. The summed E-state index contributed by atoms with van der Waals surface area (Å²) in [5, 5.41) is 6.06. The summed E-state index contributed by atoms with van der Waals surface area (Å²) >= 11 is 7.88. The van der Waals surface area contributed by atoms with Gasteiger partial charge in [0.25, 0.3) is 5.91 Å². The SMILES string of the molecule is CCn1ccc(C(=O)N2CCN(c3nc4c(C)c(Cl)ccc4s3)CC2)n1. The summed E-state index contributed by atoms with van der Waals surface area (Å²) in [7, 11) is 0. The minimum absolute atomic E-state index is 0.00350. The molecule has 0 unspecified atom stereocenters. The minimum atomic E-state index is 0.00350. The van der Waals surface area contributed by atoms with Crippen molar-refractivity contribution in [1.82, 2.24) is 19.7 Å². The average molecular weight is 390 g/mol. The zero-order valence-corrected chi connectivity index (χ0v) is 16.3. The topological polar surface area (TPSA) is 54.3 Å². The summed E-state index contributed by atoms with van der Waals surface area (Å²) in [6, 6.07) is 5.74. The van der Waals surface area contributed by atoms with Gasteiger partial charge in [-0.2, -0.15) is 5.10 Å². The van der Waals surface area contributed by atoms with Crippen LogP contribution in [0.4, 0.5) is 5.13 Å². The number of benzene rings is 1. The molecule has 3 aromatic rings. The van der Waals surface area contributed by atoms with Crippen molar-refractivity contribution in [2.24, 2.45) is 0 Å². The zero-order chi connectivity index (χ0) is 18.3. The zero-order valence-electron chi connectivity index (χ0n) is 14.8. The van der Waals surface area contributed by atoms with E-state index in [2.05, 4.69) is 10.00 Å². The maximum absolute atomic E-state index is 12.6. The molecule has 0 bridgehead atoms. The maximum atomic E-state index is 12.6. The molecule has 26 heavy (non-hydrogen) atoms. The number of hydrogen-bond acceptors (Lipinski definition) is 5. The van der Waals surface area contributed by atoms with Crippen LogP contribution in [-0.4, -0.2) is 51.8 Å². The molecule has 4 rings (SSSR count). The Hall–Kier alpha value is -2.12. The molecule has 1 fully saturated rings. The van der Waals surface area contributed by atoms with Crippen molar-refractivity contribution in [2.45, 2.75) is 20.4 Å². The third-order valence-electron chi connectivity index (χ3n) is 4.76. The van der Waals surface area contributed by atoms with E-state index in [0.29, 0.717) is 18.8 Å². The standard InChI is InChI=1S/C18H20ClN5OS/c1-3-24-7-6-14(21-24)17(25)22-8-10-23(11-9-22)18-20-16-12(2)13(19)4-5-15(16)26-18/h4-7H,3,8-11H2,1-2H3. The van der Waals surface area contributed by atoms with E-state index in [0.717, 1.165) is 45.6 Å². The summed E-state index contributed by atoms with van der Waals surface area (Å²) in [5.41, 5.74) is 2.51. The third kappa shape index (κ3) is 3.05. The van der Waals surface area contributed by atoms with E-state index >= 15 is 0 Å². The minimum Gasteiger partial charge on any atom is -0.345 e. The quantitative estimate of drug-likeness (QED) is 0.688. The molecule has 2 aromatic heterocycles. The summed E-state index contributed by atoms with van der Waals surface area (Å²) < 4.78 is 2.92. The van der Waals surface area contributed by atoms with Gasteiger partial charge >= 0.3 is 0 Å². The van der Waals surface area contributed by atoms with Gasteiger partial charge in [0.2, 0.25) is 0 Å². The van der Waals surface area contributed by atoms with Crippen molar-refractivity contribution in [3.05, 3.63) is 40.7 Å². The molecule has 0 saturated carbocycles. The lowest BCUT2D eigenvalue weighted by Gasteiger charge is -2.34. The first kappa shape index (κ1) is 17.3. The van der Waals surface area contributed by atoms with Crippen LogP contribution < -0.4 is 4.90 Å². The second kappa shape index (κ2) is 6.89. The Morgan fingerprint density at radius 3 is 2.69 bits per heavy atom. The number of carbonyl (C=O) groups is 1. The number of hydrogen-bond donors (Lipinski definition) is 0. The number of fused-ring (bicyclic) bond motifs is 1. The number of thiazole rings is 1. The van der Waals surface area contributed by atoms with Crippen LogP contribution in [0.25, 0.3) is 10.2 Å². The van der Waals surface area contributed by atoms with Crippen molar-refractivity contribution < 1.29 is 4.79 Å². The van der Waals surface area contributed by atoms with Crippen molar-refractivity contribution in [1.29, 1.82) is 0 Å². The Bertz CT molecular complexity index is 958. The number of nitrogens with zero attached hydrogens (tertiary/aromatic N) is 5. The number of aromatic nitrogens is 3. The van der Waals surface area contributed by atoms with E-state index in [4.69, 9.17) is 16.6 Å². The molecule has 0 aliphatic carbocycles. The fraction of sp³-hybridized carbons (Fsp3) is 0.389. The molecule has 1 amide bonds. The van der Waals surface area contributed by atoms with E-state index in [9.17, 15) is 4.79 Å². The summed E-state index contributed by atoms with van der Waals surface area (Å²) in [6.45, 7) is 7.66. The molecule has 8 heteroatoms. The fourth-order valence-electron chi connectivity index (χ4n) is 3.14. The van der Waals surface area contributed by atoms with Gasteiger partial charge in [0.1, 0.15) is 5.69 Å². The Morgan fingerprint density at radius 2 is 2.00 bits per heavy atom. The van der Waals surface area contributed by atoms with Gasteiger partial charge in [0.05, 0.1) is 10.2 Å². The second-order valence-corrected chi connectivity index (χ2v) is 7.77. The molecule has 6 nitrogen and oxygen atoms in total. The smallest absolute Gasteiger partial charge is 0.274 e. The Kier molecular flexibility index (Phi) is 4.58. The number of aryl methyl sites for hydroxylation is 2. The molecule has 0 radical (unpaired) electrons. The Balaban J connectivity index is 1.46. The normalized spacial score (nSPS) is 15.0. The molecule has 1 aliphatic rings. The van der Waals surface area contributed by atoms with Gasteiger partial charge in [-0.05, 0) is 37.6 Å². The van der Waals surface area contributed by atoms with Crippen molar-refractivity contribution in [3.63, 3.8) is 0 Å². The van der Waals surface area contributed by atoms with E-state index in [-0.39, 0.29) is 5.91 Å². The first-order chi connectivity index (χ1) is 12.6. The van der Waals surface area contributed by atoms with E-state index in [1.54, 1.807) is 22.1 Å². The lowest BCUT2D eigenvalue weighted by atomic mass is 10.2. The molecule has 3 heterocycles. The van der Waals surface area contributed by atoms with Crippen LogP contribution in [-0.2, 0) is 6.54 Å². The number of anilines is 1. The molecule has 1 aromatic carbocycles. The van der Waals surface area contributed by atoms with Gasteiger partial charge < -0.3 is 9.80 Å². The lowest BCUT2D eigenvalue weighted by molar-refractivity contribution is 0.0740. The first-order valence-corrected chi connectivity index (χ1v) is 9.89. The molecule has 1 saturated heterocycles. The predicted octanol–water partition coefficient (Wildman–Crippen LogP) is 3.44. The van der Waals surface area contributed by atoms with Gasteiger partial charge in [-0.1, -0.05) is 22.9 Å². The van der Waals surface area contributed by atoms with Gasteiger partial charge in [-0.15, -0.1) is 0 Å². The molecule has 1 aliphatic heterocycles. The number of amides is 1. The Labute approximate surface area is 161 Å². The van der Waals surface area contributed by atoms with E-state index < -0.39 is 0 Å². The molecule has 136 valence electrons. The van der Waals surface area contributed by atoms with Crippen molar-refractivity contribution in [3.8, 4) is 0 Å². The van der Waals surface area contributed by atoms with Crippen LogP contribution in [0.5, 0.6) is 0 Å². The molecular weight excluding hydrogens is 370 g/mol. The summed E-state index contributed by atoms with van der Waals surface area (Å²) in [4.78, 5) is 21.5. The Morgan fingerprint density at radius 1 is 1.23 bits per heavy atom. The predicted molar refractivity (Wildman–Crippen MR) is 105 cm³/mol. The average Bonchev–Trinajstić information content (AvgIpc) is 3.31. The van der Waals surface area contributed by atoms with E-state index in [1.165, 1.54) is 0 Å². The monoisotopic (exact) mass is 389 g/mol. The highest BCUT2D eigenvalue weighted by Crippen LogP contribution is 2.33. The lowest BCUT2D eigenvalue weighted by Crippen LogP contribution is -2.48. The number of piperazine rings is 1. The van der Waals surface area contributed by atoms with Gasteiger partial charge in [-0.3, -0.25) is 9.48 Å². The first-order valence-electron chi connectivity index (χ1n) is 8.70. The number of halogens is 1. The summed E-state index contributed by atoms with van der Waals surface area (Å²) in [5.74, 6) is 0.00350. The largest absolute Gasteiger partial charge is 0.345 e. The molecule has 0 spiro atoms. The fourth-order valence-corrected chi connectivity index (χ4v) is 4.37. The van der Waals surface area contributed by atoms with Crippen molar-refractivity contribution >= 4 is 44.2 Å². The van der Waals surface area contributed by atoms with Gasteiger partial charge in [0, 0.05) is 43.9 Å². The molecule has 0 atom stereocenters. The van der Waals surface area contributed by atoms with Crippen LogP contribution in [0.1, 0.15) is 23.0 Å². The highest BCUT2D eigenvalue weighted by Gasteiger charge is 2.25. The van der Waals surface area contributed by atoms with Crippen LogP contribution in [0.15, 0.2) is 24.4 Å². The third-order valence-corrected chi connectivity index (χ3v) is 6.25. The molecular formula is C18H20ClN5OS. The van der Waals surface area contributed by atoms with Crippen LogP contribution in [0, 0.1) is 6.92 Å². The van der Waals surface area contributed by atoms with Crippen molar-refractivity contribution in [2.75, 3.05) is 31.1 Å². The number of carbonyl (C=O) groups excluding carboxylic acids is 1. The maximum Gasteiger partial charge on any atom is 0.274 e. The number of rotatable bonds is 3. The van der Waals surface area contributed by atoms with Crippen LogP contribution in [0.3, 0.4) is 0 Å². The van der Waals surface area contributed by atoms with Crippen LogP contribution in [0.2, 0.25) is 5.02 Å². The molecule has 0 N–H and O–H groups in total. The van der Waals surface area contributed by atoms with E-state index in [1.807, 2.05) is 37.1 Å². The van der Waals surface area contributed by atoms with Gasteiger partial charge in [-0.25, -0.2) is 4.98 Å². The summed E-state index contributed by atoms with van der Waals surface area (Å²) in [6.07, 6.45) is 1.85. The van der Waals surface area contributed by atoms with Crippen LogP contribution >= 0.6 is 22.9 Å². The highest BCUT2D eigenvalue weighted by molar-refractivity contribution is 7.22. The highest BCUT2D eigenvalue weighted by atomic mass is 35.5.